The SMILES string of the molecule is Cc1ccc(Nc2nc(N/N=C/c3c[nH]c4ccccc34)nc(N3CCC(O)CC3)n2)cc1. The monoisotopic (exact) mass is 442 g/mol. The van der Waals surface area contributed by atoms with Gasteiger partial charge in [0.1, 0.15) is 0 Å². The quantitative estimate of drug-likeness (QED) is 0.265. The van der Waals surface area contributed by atoms with E-state index in [0.29, 0.717) is 43.8 Å². The number of nitrogens with one attached hydrogen (secondary N) is 3. The van der Waals surface area contributed by atoms with E-state index in [4.69, 9.17) is 0 Å². The number of hydrogen-bond acceptors (Lipinski definition) is 8. The first-order valence-corrected chi connectivity index (χ1v) is 11.0. The Labute approximate surface area is 191 Å². The number of para-hydroxylation sites is 1. The van der Waals surface area contributed by atoms with Crippen molar-refractivity contribution in [2.24, 2.45) is 5.10 Å². The van der Waals surface area contributed by atoms with Crippen LogP contribution in [0, 0.1) is 6.92 Å². The van der Waals surface area contributed by atoms with Crippen LogP contribution in [-0.2, 0) is 0 Å². The highest BCUT2D eigenvalue weighted by atomic mass is 16.3. The van der Waals surface area contributed by atoms with E-state index < -0.39 is 0 Å². The molecule has 9 nitrogen and oxygen atoms in total. The first-order valence-electron chi connectivity index (χ1n) is 11.0. The summed E-state index contributed by atoms with van der Waals surface area (Å²) in [5, 5.41) is 18.6. The third-order valence-electron chi connectivity index (χ3n) is 5.67. The van der Waals surface area contributed by atoms with Gasteiger partial charge in [-0.15, -0.1) is 0 Å². The molecule has 0 saturated carbocycles. The number of aliphatic hydroxyl groups is 1. The molecule has 0 unspecified atom stereocenters. The Morgan fingerprint density at radius 1 is 1.03 bits per heavy atom. The summed E-state index contributed by atoms with van der Waals surface area (Å²) in [7, 11) is 0. The number of hydrogen-bond donors (Lipinski definition) is 4. The number of aliphatic hydroxyl groups excluding tert-OH is 1. The van der Waals surface area contributed by atoms with Crippen molar-refractivity contribution in [2.75, 3.05) is 28.7 Å². The number of benzene rings is 2. The summed E-state index contributed by atoms with van der Waals surface area (Å²) >= 11 is 0. The van der Waals surface area contributed by atoms with Gasteiger partial charge in [-0.3, -0.25) is 0 Å². The molecule has 2 aromatic carbocycles. The molecule has 4 aromatic rings. The number of aryl methyl sites for hydroxylation is 1. The molecule has 4 N–H and O–H groups in total. The molecular weight excluding hydrogens is 416 g/mol. The molecule has 0 bridgehead atoms. The topological polar surface area (TPSA) is 114 Å². The van der Waals surface area contributed by atoms with Crippen molar-refractivity contribution >= 4 is 40.6 Å². The highest BCUT2D eigenvalue weighted by Crippen LogP contribution is 2.21. The van der Waals surface area contributed by atoms with Crippen LogP contribution in [-0.4, -0.2) is 50.5 Å². The lowest BCUT2D eigenvalue weighted by Crippen LogP contribution is -2.37. The van der Waals surface area contributed by atoms with Crippen molar-refractivity contribution in [3.8, 4) is 0 Å². The molecule has 1 aliphatic heterocycles. The van der Waals surface area contributed by atoms with E-state index in [0.717, 1.165) is 22.2 Å². The Morgan fingerprint density at radius 3 is 2.61 bits per heavy atom. The van der Waals surface area contributed by atoms with Crippen molar-refractivity contribution in [1.82, 2.24) is 19.9 Å². The maximum absolute atomic E-state index is 9.86. The Morgan fingerprint density at radius 2 is 1.79 bits per heavy atom. The van der Waals surface area contributed by atoms with E-state index >= 15 is 0 Å². The van der Waals surface area contributed by atoms with Gasteiger partial charge in [-0.25, -0.2) is 5.43 Å². The minimum absolute atomic E-state index is 0.272. The third kappa shape index (κ3) is 4.93. The molecule has 0 spiro atoms. The molecule has 1 aliphatic rings. The lowest BCUT2D eigenvalue weighted by Gasteiger charge is -2.29. The van der Waals surface area contributed by atoms with Gasteiger partial charge in [-0.05, 0) is 38.0 Å². The van der Waals surface area contributed by atoms with Gasteiger partial charge in [0.25, 0.3) is 0 Å². The van der Waals surface area contributed by atoms with E-state index in [9.17, 15) is 5.11 Å². The zero-order valence-electron chi connectivity index (χ0n) is 18.4. The van der Waals surface area contributed by atoms with Gasteiger partial charge in [-0.2, -0.15) is 20.1 Å². The largest absolute Gasteiger partial charge is 0.393 e. The van der Waals surface area contributed by atoms with Crippen LogP contribution in [0.4, 0.5) is 23.5 Å². The minimum Gasteiger partial charge on any atom is -0.393 e. The highest BCUT2D eigenvalue weighted by molar-refractivity contribution is 5.99. The Bertz CT molecular complexity index is 1260. The van der Waals surface area contributed by atoms with Crippen LogP contribution in [0.15, 0.2) is 59.8 Å². The number of aromatic nitrogens is 4. The summed E-state index contributed by atoms with van der Waals surface area (Å²) in [6.45, 7) is 3.42. The van der Waals surface area contributed by atoms with Gasteiger partial charge < -0.3 is 20.3 Å². The molecular formula is C24H26N8O. The number of hydrazone groups is 1. The molecule has 9 heteroatoms. The van der Waals surface area contributed by atoms with Crippen LogP contribution in [0.2, 0.25) is 0 Å². The molecule has 33 heavy (non-hydrogen) atoms. The molecule has 1 fully saturated rings. The average Bonchev–Trinajstić information content (AvgIpc) is 3.24. The summed E-state index contributed by atoms with van der Waals surface area (Å²) in [5.74, 6) is 1.33. The van der Waals surface area contributed by atoms with Crippen LogP contribution in [0.25, 0.3) is 10.9 Å². The fourth-order valence-electron chi connectivity index (χ4n) is 3.80. The number of piperidine rings is 1. The van der Waals surface area contributed by atoms with Gasteiger partial charge in [0.05, 0.1) is 12.3 Å². The third-order valence-corrected chi connectivity index (χ3v) is 5.67. The molecule has 168 valence electrons. The Balaban J connectivity index is 1.39. The van der Waals surface area contributed by atoms with E-state index in [1.807, 2.05) is 61.7 Å². The maximum Gasteiger partial charge on any atom is 0.250 e. The molecule has 2 aromatic heterocycles. The zero-order chi connectivity index (χ0) is 22.6. The second-order valence-electron chi connectivity index (χ2n) is 8.15. The molecule has 0 aliphatic carbocycles. The average molecular weight is 443 g/mol. The summed E-state index contributed by atoms with van der Waals surface area (Å²) in [6, 6.07) is 16.1. The van der Waals surface area contributed by atoms with Gasteiger partial charge >= 0.3 is 0 Å². The van der Waals surface area contributed by atoms with E-state index in [2.05, 4.69) is 40.7 Å². The van der Waals surface area contributed by atoms with Crippen molar-refractivity contribution in [2.45, 2.75) is 25.9 Å². The highest BCUT2D eigenvalue weighted by Gasteiger charge is 2.20. The fraction of sp³-hybridized carbons (Fsp3) is 0.250. The second-order valence-corrected chi connectivity index (χ2v) is 8.15. The van der Waals surface area contributed by atoms with Crippen molar-refractivity contribution in [3.05, 3.63) is 65.9 Å². The van der Waals surface area contributed by atoms with Crippen LogP contribution < -0.4 is 15.6 Å². The van der Waals surface area contributed by atoms with Crippen LogP contribution in [0.1, 0.15) is 24.0 Å². The number of H-pyrrole nitrogens is 1. The van der Waals surface area contributed by atoms with Crippen molar-refractivity contribution in [1.29, 1.82) is 0 Å². The summed E-state index contributed by atoms with van der Waals surface area (Å²) < 4.78 is 0. The number of fused-ring (bicyclic) bond motifs is 1. The molecule has 3 heterocycles. The second kappa shape index (κ2) is 9.25. The zero-order valence-corrected chi connectivity index (χ0v) is 18.4. The molecule has 0 atom stereocenters. The van der Waals surface area contributed by atoms with Crippen LogP contribution in [0.5, 0.6) is 0 Å². The van der Waals surface area contributed by atoms with Crippen LogP contribution in [0.3, 0.4) is 0 Å². The van der Waals surface area contributed by atoms with Gasteiger partial charge in [0.15, 0.2) is 0 Å². The summed E-state index contributed by atoms with van der Waals surface area (Å²) in [5.41, 5.74) is 7.04. The number of anilines is 4. The molecule has 1 saturated heterocycles. The molecule has 5 rings (SSSR count). The minimum atomic E-state index is -0.272. The lowest BCUT2D eigenvalue weighted by atomic mass is 10.1. The maximum atomic E-state index is 9.86. The molecule has 0 amide bonds. The normalized spacial score (nSPS) is 14.8. The first-order chi connectivity index (χ1) is 16.1. The number of rotatable bonds is 6. The van der Waals surface area contributed by atoms with E-state index in [1.54, 1.807) is 6.21 Å². The predicted molar refractivity (Wildman–Crippen MR) is 131 cm³/mol. The van der Waals surface area contributed by atoms with E-state index in [1.165, 1.54) is 5.56 Å². The van der Waals surface area contributed by atoms with Gasteiger partial charge in [0, 0.05) is 41.4 Å². The smallest absolute Gasteiger partial charge is 0.250 e. The number of aromatic amines is 1. The first kappa shape index (κ1) is 20.9. The summed E-state index contributed by atoms with van der Waals surface area (Å²) in [6.07, 6.45) is 4.76. The van der Waals surface area contributed by atoms with Gasteiger partial charge in [-0.1, -0.05) is 35.9 Å². The molecule has 0 radical (unpaired) electrons. The fourth-order valence-corrected chi connectivity index (χ4v) is 3.80. The van der Waals surface area contributed by atoms with Crippen molar-refractivity contribution in [3.63, 3.8) is 0 Å². The summed E-state index contributed by atoms with van der Waals surface area (Å²) in [4.78, 5) is 19.0. The van der Waals surface area contributed by atoms with Crippen LogP contribution >= 0.6 is 0 Å². The van der Waals surface area contributed by atoms with Gasteiger partial charge in [0.2, 0.25) is 17.8 Å². The number of nitrogens with zero attached hydrogens (tertiary/aromatic N) is 5. The lowest BCUT2D eigenvalue weighted by molar-refractivity contribution is 0.145. The predicted octanol–water partition coefficient (Wildman–Crippen LogP) is 3.81. The Kier molecular flexibility index (Phi) is 5.86. The van der Waals surface area contributed by atoms with E-state index in [-0.39, 0.29) is 6.10 Å². The standard InChI is InChI=1S/C24H26N8O/c1-16-6-8-18(9-7-16)27-22-28-23(30-24(29-22)32-12-10-19(33)11-13-32)31-26-15-17-14-25-21-5-3-2-4-20(17)21/h2-9,14-15,19,25,33H,10-13H2,1H3,(H2,27,28,29,30,31)/b26-15+. The Hall–Kier alpha value is -3.98. The van der Waals surface area contributed by atoms with Crippen molar-refractivity contribution < 1.29 is 5.11 Å².